The van der Waals surface area contributed by atoms with Crippen LogP contribution in [0.5, 0.6) is 0 Å². The number of carboxylic acid groups (broad SMARTS) is 1. The van der Waals surface area contributed by atoms with Crippen LogP contribution in [-0.2, 0) is 14.3 Å². The van der Waals surface area contributed by atoms with E-state index >= 15 is 0 Å². The number of aliphatic carboxylic acids is 1. The summed E-state index contributed by atoms with van der Waals surface area (Å²) in [6.07, 6.45) is 5.06. The van der Waals surface area contributed by atoms with Crippen LogP contribution < -0.4 is 0 Å². The van der Waals surface area contributed by atoms with Crippen molar-refractivity contribution in [2.24, 2.45) is 50.7 Å². The number of ether oxygens (including phenoxy) is 2. The fourth-order valence-corrected chi connectivity index (χ4v) is 12.1. The lowest BCUT2D eigenvalue weighted by atomic mass is 9.33. The molecule has 0 amide bonds. The van der Waals surface area contributed by atoms with E-state index in [1.807, 2.05) is 6.92 Å². The molecule has 1 heterocycles. The van der Waals surface area contributed by atoms with Crippen molar-refractivity contribution in [1.29, 1.82) is 0 Å². The Hall–Kier alpha value is -1.03. The SMILES string of the molecule is C[C@@H]1CC[C@]2(C(=O)O)CC[C@]3(C)C(=CCC4[C@@]5(C)CC[C@H](O[C@@H]6OC[C@H](O)[C@H](O)[C@H]6O)C(C)(C)[C@@H]5CC[C@]43C)[C@@H]2[C@]1(C)O. The normalized spacial score (nSPS) is 56.1. The Morgan fingerprint density at radius 1 is 0.907 bits per heavy atom. The first-order valence-electron chi connectivity index (χ1n) is 16.9. The van der Waals surface area contributed by atoms with E-state index in [0.717, 1.165) is 44.9 Å². The molecule has 1 unspecified atom stereocenters. The molecule has 244 valence electrons. The molecule has 0 aromatic carbocycles. The third-order valence-corrected chi connectivity index (χ3v) is 15.2. The van der Waals surface area contributed by atoms with Crippen LogP contribution in [0.25, 0.3) is 0 Å². The van der Waals surface area contributed by atoms with Crippen LogP contribution in [0.4, 0.5) is 0 Å². The van der Waals surface area contributed by atoms with Gasteiger partial charge in [0.2, 0.25) is 0 Å². The largest absolute Gasteiger partial charge is 0.481 e. The molecule has 0 radical (unpaired) electrons. The summed E-state index contributed by atoms with van der Waals surface area (Å²) in [5.74, 6) is -0.306. The van der Waals surface area contributed by atoms with Crippen molar-refractivity contribution < 1.29 is 39.8 Å². The molecule has 0 aromatic heterocycles. The van der Waals surface area contributed by atoms with Crippen LogP contribution in [0.1, 0.15) is 106 Å². The summed E-state index contributed by atoms with van der Waals surface area (Å²) in [6, 6.07) is 0. The minimum absolute atomic E-state index is 0.0313. The molecule has 5 aliphatic carbocycles. The summed E-state index contributed by atoms with van der Waals surface area (Å²) in [4.78, 5) is 13.0. The summed E-state index contributed by atoms with van der Waals surface area (Å²) < 4.78 is 12.1. The van der Waals surface area contributed by atoms with Crippen molar-refractivity contribution >= 4 is 5.97 Å². The molecular weight excluding hydrogens is 548 g/mol. The summed E-state index contributed by atoms with van der Waals surface area (Å²) in [6.45, 7) is 15.8. The highest BCUT2D eigenvalue weighted by Gasteiger charge is 2.71. The van der Waals surface area contributed by atoms with Crippen LogP contribution in [0, 0.1) is 50.7 Å². The van der Waals surface area contributed by atoms with E-state index in [-0.39, 0.29) is 46.2 Å². The first-order chi connectivity index (χ1) is 19.9. The van der Waals surface area contributed by atoms with E-state index in [2.05, 4.69) is 47.6 Å². The minimum Gasteiger partial charge on any atom is -0.481 e. The van der Waals surface area contributed by atoms with Crippen molar-refractivity contribution in [3.8, 4) is 0 Å². The van der Waals surface area contributed by atoms with Crippen LogP contribution in [-0.4, -0.2) is 74.4 Å². The summed E-state index contributed by atoms with van der Waals surface area (Å²) >= 11 is 0. The maximum absolute atomic E-state index is 13.0. The van der Waals surface area contributed by atoms with E-state index in [4.69, 9.17) is 9.47 Å². The Bertz CT molecular complexity index is 1160. The number of allylic oxidation sites excluding steroid dienone is 1. The van der Waals surface area contributed by atoms with Gasteiger partial charge in [-0.25, -0.2) is 0 Å². The second-order valence-electron chi connectivity index (χ2n) is 17.1. The molecule has 8 heteroatoms. The van der Waals surface area contributed by atoms with Gasteiger partial charge in [0.05, 0.1) is 23.7 Å². The number of hydrogen-bond donors (Lipinski definition) is 5. The van der Waals surface area contributed by atoms with Crippen LogP contribution >= 0.6 is 0 Å². The monoisotopic (exact) mass is 604 g/mol. The molecule has 5 fully saturated rings. The average Bonchev–Trinajstić information content (AvgIpc) is 2.92. The molecule has 5 N–H and O–H groups in total. The van der Waals surface area contributed by atoms with E-state index < -0.39 is 41.6 Å². The summed E-state index contributed by atoms with van der Waals surface area (Å²) in [5.41, 5.74) is -1.16. The van der Waals surface area contributed by atoms with E-state index in [1.165, 1.54) is 5.57 Å². The van der Waals surface area contributed by atoms with Crippen LogP contribution in [0.15, 0.2) is 11.6 Å². The third-order valence-electron chi connectivity index (χ3n) is 15.2. The summed E-state index contributed by atoms with van der Waals surface area (Å²) in [5, 5.41) is 53.4. The van der Waals surface area contributed by atoms with Gasteiger partial charge in [-0.1, -0.05) is 53.2 Å². The Morgan fingerprint density at radius 2 is 1.60 bits per heavy atom. The minimum atomic E-state index is -1.30. The smallest absolute Gasteiger partial charge is 0.310 e. The number of carbonyl (C=O) groups is 1. The highest BCUT2D eigenvalue weighted by atomic mass is 16.7. The molecular formula is C35H56O8. The highest BCUT2D eigenvalue weighted by Crippen LogP contribution is 2.76. The maximum Gasteiger partial charge on any atom is 0.310 e. The Labute approximate surface area is 257 Å². The predicted molar refractivity (Wildman–Crippen MR) is 161 cm³/mol. The van der Waals surface area contributed by atoms with Gasteiger partial charge < -0.3 is 35.0 Å². The molecule has 1 aliphatic heterocycles. The van der Waals surface area contributed by atoms with Gasteiger partial charge in [0.15, 0.2) is 6.29 Å². The molecule has 6 rings (SSSR count). The molecule has 8 nitrogen and oxygen atoms in total. The van der Waals surface area contributed by atoms with Crippen molar-refractivity contribution in [3.05, 3.63) is 11.6 Å². The van der Waals surface area contributed by atoms with Gasteiger partial charge in [0.25, 0.3) is 0 Å². The first-order valence-corrected chi connectivity index (χ1v) is 16.9. The molecule has 1 saturated heterocycles. The number of rotatable bonds is 3. The van der Waals surface area contributed by atoms with Gasteiger partial charge in [0, 0.05) is 5.92 Å². The Kier molecular flexibility index (Phi) is 7.41. The quantitative estimate of drug-likeness (QED) is 0.232. The van der Waals surface area contributed by atoms with E-state index in [0.29, 0.717) is 24.7 Å². The fraction of sp³-hybridized carbons (Fsp3) is 0.914. The van der Waals surface area contributed by atoms with Gasteiger partial charge in [-0.3, -0.25) is 4.79 Å². The standard InChI is InChI=1S/C35H56O8/c1-19-10-15-35(29(39)40)17-16-32(5)20(27(35)34(19,7)41)8-9-23-31(4)13-12-24(30(2,3)22(31)11-14-33(23,32)6)43-28-26(38)25(37)21(36)18-42-28/h8,19,21-28,36-38,41H,9-18H2,1-7H3,(H,39,40)/t19-,21+,22+,23?,24+,25+,26-,27-,28+,31+,32-,33-,34-,35+/m1/s1. The van der Waals surface area contributed by atoms with Gasteiger partial charge in [-0.15, -0.1) is 0 Å². The van der Waals surface area contributed by atoms with Gasteiger partial charge in [0.1, 0.15) is 18.3 Å². The lowest BCUT2D eigenvalue weighted by molar-refractivity contribution is -0.308. The van der Waals surface area contributed by atoms with Gasteiger partial charge in [-0.2, -0.15) is 0 Å². The number of aliphatic hydroxyl groups is 4. The van der Waals surface area contributed by atoms with Gasteiger partial charge >= 0.3 is 5.97 Å². The van der Waals surface area contributed by atoms with Crippen LogP contribution in [0.2, 0.25) is 0 Å². The van der Waals surface area contributed by atoms with Crippen LogP contribution in [0.3, 0.4) is 0 Å². The maximum atomic E-state index is 13.0. The number of aliphatic hydroxyl groups excluding tert-OH is 3. The van der Waals surface area contributed by atoms with Crippen molar-refractivity contribution in [2.75, 3.05) is 6.61 Å². The zero-order chi connectivity index (χ0) is 31.5. The lowest BCUT2D eigenvalue weighted by Gasteiger charge is -2.72. The Balaban J connectivity index is 1.33. The lowest BCUT2D eigenvalue weighted by Crippen LogP contribution is -2.68. The highest BCUT2D eigenvalue weighted by molar-refractivity contribution is 5.77. The number of carboxylic acids is 1. The number of fused-ring (bicyclic) bond motifs is 7. The molecule has 6 aliphatic rings. The second kappa shape index (κ2) is 9.98. The zero-order valence-electron chi connectivity index (χ0n) is 27.3. The van der Waals surface area contributed by atoms with Crippen molar-refractivity contribution in [2.45, 2.75) is 143 Å². The third kappa shape index (κ3) is 4.11. The van der Waals surface area contributed by atoms with Crippen molar-refractivity contribution in [1.82, 2.24) is 0 Å². The fourth-order valence-electron chi connectivity index (χ4n) is 12.1. The number of hydrogen-bond acceptors (Lipinski definition) is 7. The average molecular weight is 605 g/mol. The molecule has 0 bridgehead atoms. The Morgan fingerprint density at radius 3 is 2.28 bits per heavy atom. The zero-order valence-corrected chi connectivity index (χ0v) is 27.3. The molecule has 14 atom stereocenters. The van der Waals surface area contributed by atoms with E-state index in [1.54, 1.807) is 0 Å². The molecule has 0 spiro atoms. The molecule has 43 heavy (non-hydrogen) atoms. The van der Waals surface area contributed by atoms with E-state index in [9.17, 15) is 30.3 Å². The summed E-state index contributed by atoms with van der Waals surface area (Å²) in [7, 11) is 0. The molecule has 0 aromatic rings. The predicted octanol–water partition coefficient (Wildman–Crippen LogP) is 4.67. The molecule has 4 saturated carbocycles. The van der Waals surface area contributed by atoms with Crippen molar-refractivity contribution in [3.63, 3.8) is 0 Å². The first kappa shape index (κ1) is 31.9. The topological polar surface area (TPSA) is 137 Å². The second-order valence-corrected chi connectivity index (χ2v) is 17.1. The van der Waals surface area contributed by atoms with Gasteiger partial charge in [-0.05, 0) is 104 Å².